The van der Waals surface area contributed by atoms with Crippen LogP contribution in [0.15, 0.2) is 4.99 Å². The summed E-state index contributed by atoms with van der Waals surface area (Å²) in [5, 5.41) is 6.13. The van der Waals surface area contributed by atoms with E-state index in [1.807, 2.05) is 20.8 Å². The van der Waals surface area contributed by atoms with Gasteiger partial charge in [0.1, 0.15) is 0 Å². The molecule has 0 radical (unpaired) electrons. The fourth-order valence-electron chi connectivity index (χ4n) is 2.79. The molecule has 1 atom stereocenters. The molecule has 0 saturated carbocycles. The third-order valence-electron chi connectivity index (χ3n) is 3.69. The van der Waals surface area contributed by atoms with Crippen LogP contribution in [0.4, 0.5) is 0 Å². The highest BCUT2D eigenvalue weighted by molar-refractivity contribution is 14.0. The van der Waals surface area contributed by atoms with Crippen LogP contribution in [0.5, 0.6) is 0 Å². The molecule has 8 heteroatoms. The minimum absolute atomic E-state index is 0. The highest BCUT2D eigenvalue weighted by Crippen LogP contribution is 2.19. The molecular formula is C16H32IN5O2. The number of guanidine groups is 1. The maximum absolute atomic E-state index is 11.7. The molecule has 1 aliphatic rings. The number of likely N-dealkylation sites (tertiary alicyclic amines) is 1. The van der Waals surface area contributed by atoms with Crippen LogP contribution >= 0.6 is 24.0 Å². The van der Waals surface area contributed by atoms with Gasteiger partial charge < -0.3 is 21.3 Å². The van der Waals surface area contributed by atoms with E-state index in [1.54, 1.807) is 0 Å². The maximum Gasteiger partial charge on any atom is 0.222 e. The zero-order valence-electron chi connectivity index (χ0n) is 15.0. The molecule has 1 heterocycles. The normalized spacial score (nSPS) is 18.1. The molecule has 1 fully saturated rings. The Kier molecular flexibility index (Phi) is 11.8. The lowest BCUT2D eigenvalue weighted by Crippen LogP contribution is -2.47. The SMILES string of the molecule is CCNC(=NCCC(=O)NC(C)C)N1CCCC(CC(N)=O)C1.I. The van der Waals surface area contributed by atoms with Crippen LogP contribution in [0.1, 0.15) is 46.5 Å². The van der Waals surface area contributed by atoms with Crippen LogP contribution in [0.2, 0.25) is 0 Å². The number of nitrogens with two attached hydrogens (primary N) is 1. The van der Waals surface area contributed by atoms with Crippen molar-refractivity contribution in [3.8, 4) is 0 Å². The van der Waals surface area contributed by atoms with E-state index in [0.29, 0.717) is 19.4 Å². The number of amides is 2. The Hall–Kier alpha value is -1.06. The molecule has 24 heavy (non-hydrogen) atoms. The quantitative estimate of drug-likeness (QED) is 0.305. The molecule has 0 aromatic rings. The number of primary amides is 1. The number of piperidine rings is 1. The molecule has 0 aromatic carbocycles. The van der Waals surface area contributed by atoms with E-state index < -0.39 is 0 Å². The van der Waals surface area contributed by atoms with E-state index in [-0.39, 0.29) is 47.8 Å². The van der Waals surface area contributed by atoms with Gasteiger partial charge in [0.15, 0.2) is 5.96 Å². The highest BCUT2D eigenvalue weighted by atomic mass is 127. The Balaban J connectivity index is 0.00000529. The molecule has 1 unspecified atom stereocenters. The first kappa shape index (κ1) is 22.9. The predicted octanol–water partition coefficient (Wildman–Crippen LogP) is 1.07. The van der Waals surface area contributed by atoms with Gasteiger partial charge in [0, 0.05) is 38.5 Å². The lowest BCUT2D eigenvalue weighted by atomic mass is 9.95. The molecule has 2 amide bonds. The summed E-state index contributed by atoms with van der Waals surface area (Å²) in [5.41, 5.74) is 5.31. The van der Waals surface area contributed by atoms with Crippen molar-refractivity contribution in [3.05, 3.63) is 0 Å². The summed E-state index contributed by atoms with van der Waals surface area (Å²) < 4.78 is 0. The minimum atomic E-state index is -0.246. The van der Waals surface area contributed by atoms with E-state index in [9.17, 15) is 9.59 Å². The van der Waals surface area contributed by atoms with Crippen molar-refractivity contribution in [2.75, 3.05) is 26.2 Å². The smallest absolute Gasteiger partial charge is 0.222 e. The zero-order chi connectivity index (χ0) is 17.2. The van der Waals surface area contributed by atoms with Gasteiger partial charge in [-0.1, -0.05) is 0 Å². The number of aliphatic imine (C=N–C) groups is 1. The third kappa shape index (κ3) is 9.29. The molecule has 7 nitrogen and oxygen atoms in total. The van der Waals surface area contributed by atoms with Gasteiger partial charge in [-0.3, -0.25) is 14.6 Å². The van der Waals surface area contributed by atoms with Gasteiger partial charge in [0.05, 0.1) is 6.54 Å². The largest absolute Gasteiger partial charge is 0.370 e. The average molecular weight is 453 g/mol. The Bertz CT molecular complexity index is 429. The lowest BCUT2D eigenvalue weighted by Gasteiger charge is -2.34. The molecule has 1 saturated heterocycles. The number of carbonyl (C=O) groups is 2. The summed E-state index contributed by atoms with van der Waals surface area (Å²) in [5.74, 6) is 0.877. The van der Waals surface area contributed by atoms with Crippen LogP contribution < -0.4 is 16.4 Å². The molecule has 140 valence electrons. The molecule has 0 aliphatic carbocycles. The third-order valence-corrected chi connectivity index (χ3v) is 3.69. The number of carbonyl (C=O) groups excluding carboxylic acids is 2. The van der Waals surface area contributed by atoms with Crippen LogP contribution in [0.3, 0.4) is 0 Å². The number of nitrogens with one attached hydrogen (secondary N) is 2. The summed E-state index contributed by atoms with van der Waals surface area (Å²) >= 11 is 0. The highest BCUT2D eigenvalue weighted by Gasteiger charge is 2.23. The summed E-state index contributed by atoms with van der Waals surface area (Å²) in [6.07, 6.45) is 2.85. The van der Waals surface area contributed by atoms with Gasteiger partial charge >= 0.3 is 0 Å². The Labute approximate surface area is 162 Å². The van der Waals surface area contributed by atoms with Gasteiger partial charge in [0.2, 0.25) is 11.8 Å². The Morgan fingerprint density at radius 2 is 2.08 bits per heavy atom. The van der Waals surface area contributed by atoms with Crippen molar-refractivity contribution in [1.29, 1.82) is 0 Å². The number of halogens is 1. The van der Waals surface area contributed by atoms with Crippen molar-refractivity contribution in [2.24, 2.45) is 16.6 Å². The Morgan fingerprint density at radius 1 is 1.38 bits per heavy atom. The van der Waals surface area contributed by atoms with Crippen molar-refractivity contribution >= 4 is 41.8 Å². The molecule has 1 rings (SSSR count). The predicted molar refractivity (Wildman–Crippen MR) is 107 cm³/mol. The van der Waals surface area contributed by atoms with Crippen molar-refractivity contribution in [2.45, 2.75) is 52.5 Å². The molecule has 4 N–H and O–H groups in total. The molecule has 0 spiro atoms. The standard InChI is InChI=1S/C16H31N5O2.HI/c1-4-18-16(19-8-7-15(23)20-12(2)3)21-9-5-6-13(11-21)10-14(17)22;/h12-13H,4-11H2,1-3H3,(H2,17,22)(H,18,19)(H,20,23);1H. The monoisotopic (exact) mass is 453 g/mol. The molecular weight excluding hydrogens is 421 g/mol. The summed E-state index contributed by atoms with van der Waals surface area (Å²) in [4.78, 5) is 29.5. The second-order valence-electron chi connectivity index (χ2n) is 6.33. The minimum Gasteiger partial charge on any atom is -0.370 e. The van der Waals surface area contributed by atoms with Gasteiger partial charge in [-0.25, -0.2) is 0 Å². The lowest BCUT2D eigenvalue weighted by molar-refractivity contribution is -0.121. The van der Waals surface area contributed by atoms with Crippen molar-refractivity contribution in [3.63, 3.8) is 0 Å². The second-order valence-corrected chi connectivity index (χ2v) is 6.33. The van der Waals surface area contributed by atoms with Crippen LogP contribution in [-0.2, 0) is 9.59 Å². The first-order chi connectivity index (χ1) is 10.9. The number of hydrogen-bond donors (Lipinski definition) is 3. The Morgan fingerprint density at radius 3 is 2.67 bits per heavy atom. The summed E-state index contributed by atoms with van der Waals surface area (Å²) in [6, 6.07) is 0.149. The van der Waals surface area contributed by atoms with Gasteiger partial charge in [0.25, 0.3) is 0 Å². The topological polar surface area (TPSA) is 99.8 Å². The fourth-order valence-corrected chi connectivity index (χ4v) is 2.79. The second kappa shape index (κ2) is 12.3. The maximum atomic E-state index is 11.7. The van der Waals surface area contributed by atoms with E-state index in [0.717, 1.165) is 38.4 Å². The average Bonchev–Trinajstić information content (AvgIpc) is 2.45. The van der Waals surface area contributed by atoms with Crippen molar-refractivity contribution < 1.29 is 9.59 Å². The first-order valence-corrected chi connectivity index (χ1v) is 8.53. The van der Waals surface area contributed by atoms with Gasteiger partial charge in [-0.05, 0) is 39.5 Å². The number of rotatable bonds is 7. The fraction of sp³-hybridized carbons (Fsp3) is 0.812. The number of hydrogen-bond acceptors (Lipinski definition) is 3. The molecule has 0 aromatic heterocycles. The molecule has 0 bridgehead atoms. The summed E-state index contributed by atoms with van der Waals surface area (Å²) in [6.45, 7) is 8.83. The van der Waals surface area contributed by atoms with Gasteiger partial charge in [-0.2, -0.15) is 0 Å². The van der Waals surface area contributed by atoms with E-state index in [2.05, 4.69) is 20.5 Å². The van der Waals surface area contributed by atoms with Gasteiger partial charge in [-0.15, -0.1) is 24.0 Å². The van der Waals surface area contributed by atoms with Crippen molar-refractivity contribution in [1.82, 2.24) is 15.5 Å². The number of nitrogens with zero attached hydrogens (tertiary/aromatic N) is 2. The van der Waals surface area contributed by atoms with E-state index in [4.69, 9.17) is 5.73 Å². The van der Waals surface area contributed by atoms with E-state index >= 15 is 0 Å². The van der Waals surface area contributed by atoms with E-state index in [1.165, 1.54) is 0 Å². The summed E-state index contributed by atoms with van der Waals surface area (Å²) in [7, 11) is 0. The van der Waals surface area contributed by atoms with Crippen LogP contribution in [0.25, 0.3) is 0 Å². The zero-order valence-corrected chi connectivity index (χ0v) is 17.3. The molecule has 1 aliphatic heterocycles. The van der Waals surface area contributed by atoms with Crippen LogP contribution in [-0.4, -0.2) is 54.9 Å². The first-order valence-electron chi connectivity index (χ1n) is 8.53. The van der Waals surface area contributed by atoms with Crippen LogP contribution in [0, 0.1) is 5.92 Å².